The number of nitrogens with zero attached hydrogens (tertiary/aromatic N) is 2. The number of aryl methyl sites for hydroxylation is 2. The minimum absolute atomic E-state index is 0.109. The summed E-state index contributed by atoms with van der Waals surface area (Å²) < 4.78 is 31.0. The van der Waals surface area contributed by atoms with Crippen LogP contribution in [0, 0.1) is 13.8 Å². The molecule has 0 unspecified atom stereocenters. The second-order valence-corrected chi connectivity index (χ2v) is 6.35. The van der Waals surface area contributed by atoms with E-state index in [4.69, 9.17) is 10.3 Å². The zero-order chi connectivity index (χ0) is 15.4. The van der Waals surface area contributed by atoms with Gasteiger partial charge in [-0.05, 0) is 32.0 Å². The molecule has 9 heteroatoms. The van der Waals surface area contributed by atoms with Crippen molar-refractivity contribution in [3.63, 3.8) is 0 Å². The second-order valence-electron chi connectivity index (χ2n) is 4.63. The van der Waals surface area contributed by atoms with Crippen LogP contribution in [0.25, 0.3) is 11.0 Å². The molecular formula is C12H12N4O4S. The summed E-state index contributed by atoms with van der Waals surface area (Å²) in [5.74, 6) is 0.129. The Kier molecular flexibility index (Phi) is 2.70. The highest BCUT2D eigenvalue weighted by atomic mass is 32.2. The van der Waals surface area contributed by atoms with Gasteiger partial charge in [-0.15, -0.1) is 0 Å². The number of aromatic nitrogens is 3. The summed E-state index contributed by atoms with van der Waals surface area (Å²) in [6.07, 6.45) is 0. The first-order valence-electron chi connectivity index (χ1n) is 6.01. The Hall–Kier alpha value is -2.55. The van der Waals surface area contributed by atoms with Gasteiger partial charge in [0.25, 0.3) is 10.0 Å². The van der Waals surface area contributed by atoms with Gasteiger partial charge in [0.05, 0.1) is 11.0 Å². The summed E-state index contributed by atoms with van der Waals surface area (Å²) in [7, 11) is -4.11. The molecule has 0 radical (unpaired) electrons. The number of aromatic amines is 1. The number of benzene rings is 1. The first kappa shape index (κ1) is 13.4. The maximum absolute atomic E-state index is 12.7. The highest BCUT2D eigenvalue weighted by Crippen LogP contribution is 2.24. The average molecular weight is 308 g/mol. The molecule has 0 aliphatic rings. The van der Waals surface area contributed by atoms with E-state index in [1.165, 1.54) is 32.0 Å². The summed E-state index contributed by atoms with van der Waals surface area (Å²) >= 11 is 0. The topological polar surface area (TPSA) is 124 Å². The van der Waals surface area contributed by atoms with Crippen LogP contribution in [0.2, 0.25) is 0 Å². The van der Waals surface area contributed by atoms with Gasteiger partial charge >= 0.3 is 5.69 Å². The van der Waals surface area contributed by atoms with Crippen molar-refractivity contribution in [2.45, 2.75) is 18.7 Å². The van der Waals surface area contributed by atoms with Crippen molar-refractivity contribution in [2.24, 2.45) is 0 Å². The predicted octanol–water partition coefficient (Wildman–Crippen LogP) is 0.754. The number of nitrogens with two attached hydrogens (primary N) is 1. The lowest BCUT2D eigenvalue weighted by Gasteiger charge is -2.05. The standard InChI is InChI=1S/C12H12N4O4S/c1-6-11(7(2)20-15-6)21(18,19)16-10-4-3-8(13)5-9(10)14-12(16)17/h3-5H,13H2,1-2H3,(H,14,17). The van der Waals surface area contributed by atoms with Gasteiger partial charge in [0.2, 0.25) is 0 Å². The molecule has 0 saturated heterocycles. The van der Waals surface area contributed by atoms with Crippen molar-refractivity contribution < 1.29 is 12.9 Å². The summed E-state index contributed by atoms with van der Waals surface area (Å²) in [4.78, 5) is 14.4. The monoisotopic (exact) mass is 308 g/mol. The molecule has 3 aromatic rings. The SMILES string of the molecule is Cc1noc(C)c1S(=O)(=O)n1c(=O)[nH]c2cc(N)ccc21. The van der Waals surface area contributed by atoms with Crippen molar-refractivity contribution in [3.8, 4) is 0 Å². The molecule has 3 N–H and O–H groups in total. The van der Waals surface area contributed by atoms with Gasteiger partial charge in [-0.1, -0.05) is 5.16 Å². The lowest BCUT2D eigenvalue weighted by atomic mass is 10.3. The number of anilines is 1. The number of fused-ring (bicyclic) bond motifs is 1. The fourth-order valence-electron chi connectivity index (χ4n) is 2.28. The highest BCUT2D eigenvalue weighted by molar-refractivity contribution is 7.90. The van der Waals surface area contributed by atoms with Gasteiger partial charge in [-0.3, -0.25) is 0 Å². The number of nitrogens with one attached hydrogen (secondary N) is 1. The van der Waals surface area contributed by atoms with E-state index in [1.807, 2.05) is 0 Å². The lowest BCUT2D eigenvalue weighted by molar-refractivity contribution is 0.390. The first-order valence-corrected chi connectivity index (χ1v) is 7.45. The molecule has 1 aromatic carbocycles. The molecule has 0 amide bonds. The van der Waals surface area contributed by atoms with E-state index in [-0.39, 0.29) is 21.9 Å². The van der Waals surface area contributed by atoms with E-state index in [2.05, 4.69) is 10.1 Å². The van der Waals surface area contributed by atoms with Crippen LogP contribution in [0.15, 0.2) is 32.4 Å². The summed E-state index contributed by atoms with van der Waals surface area (Å²) in [5, 5.41) is 3.62. The minimum atomic E-state index is -4.11. The summed E-state index contributed by atoms with van der Waals surface area (Å²) in [5.41, 5.74) is 6.04. The van der Waals surface area contributed by atoms with Crippen LogP contribution >= 0.6 is 0 Å². The normalized spacial score (nSPS) is 12.1. The van der Waals surface area contributed by atoms with Gasteiger partial charge in [0.15, 0.2) is 10.7 Å². The molecule has 0 fully saturated rings. The quantitative estimate of drug-likeness (QED) is 0.673. The number of hydrogen-bond donors (Lipinski definition) is 2. The van der Waals surface area contributed by atoms with Gasteiger partial charge in [0, 0.05) is 5.69 Å². The Labute approximate surface area is 119 Å². The largest absolute Gasteiger partial charge is 0.399 e. The molecule has 110 valence electrons. The van der Waals surface area contributed by atoms with Gasteiger partial charge < -0.3 is 15.2 Å². The molecule has 21 heavy (non-hydrogen) atoms. The fourth-order valence-corrected chi connectivity index (χ4v) is 3.95. The number of hydrogen-bond acceptors (Lipinski definition) is 6. The number of nitrogen functional groups attached to an aromatic ring is 1. The van der Waals surface area contributed by atoms with Crippen molar-refractivity contribution >= 4 is 26.7 Å². The van der Waals surface area contributed by atoms with Crippen molar-refractivity contribution in [3.05, 3.63) is 40.1 Å². The summed E-state index contributed by atoms with van der Waals surface area (Å²) in [6, 6.07) is 4.49. The predicted molar refractivity (Wildman–Crippen MR) is 75.5 cm³/mol. The molecule has 0 saturated carbocycles. The third-order valence-corrected chi connectivity index (χ3v) is 5.07. The highest BCUT2D eigenvalue weighted by Gasteiger charge is 2.29. The van der Waals surface area contributed by atoms with Gasteiger partial charge in [0.1, 0.15) is 5.69 Å². The Bertz CT molecular complexity index is 990. The third-order valence-electron chi connectivity index (χ3n) is 3.13. The van der Waals surface area contributed by atoms with Crippen molar-refractivity contribution in [2.75, 3.05) is 5.73 Å². The Morgan fingerprint density at radius 1 is 1.33 bits per heavy atom. The van der Waals surface area contributed by atoms with E-state index < -0.39 is 15.7 Å². The number of imidazole rings is 1. The Morgan fingerprint density at radius 3 is 2.67 bits per heavy atom. The van der Waals surface area contributed by atoms with Crippen LogP contribution in [0.4, 0.5) is 5.69 Å². The first-order chi connectivity index (χ1) is 9.82. The van der Waals surface area contributed by atoms with E-state index in [0.29, 0.717) is 15.2 Å². The zero-order valence-electron chi connectivity index (χ0n) is 11.2. The molecule has 3 rings (SSSR count). The molecule has 0 spiro atoms. The lowest BCUT2D eigenvalue weighted by Crippen LogP contribution is -2.25. The van der Waals surface area contributed by atoms with Gasteiger partial charge in [-0.25, -0.2) is 13.2 Å². The number of H-pyrrole nitrogens is 1. The molecule has 0 aliphatic carbocycles. The minimum Gasteiger partial charge on any atom is -0.399 e. The van der Waals surface area contributed by atoms with Crippen molar-refractivity contribution in [1.29, 1.82) is 0 Å². The van der Waals surface area contributed by atoms with Crippen molar-refractivity contribution in [1.82, 2.24) is 14.1 Å². The van der Waals surface area contributed by atoms with Crippen LogP contribution in [0.3, 0.4) is 0 Å². The molecule has 0 bridgehead atoms. The van der Waals surface area contributed by atoms with Crippen LogP contribution in [0.5, 0.6) is 0 Å². The molecule has 2 heterocycles. The smallest absolute Gasteiger partial charge is 0.340 e. The Morgan fingerprint density at radius 2 is 2.05 bits per heavy atom. The van der Waals surface area contributed by atoms with E-state index in [0.717, 1.165) is 0 Å². The number of rotatable bonds is 2. The summed E-state index contributed by atoms with van der Waals surface area (Å²) in [6.45, 7) is 2.98. The Balaban J connectivity index is 2.40. The average Bonchev–Trinajstić information content (AvgIpc) is 2.88. The zero-order valence-corrected chi connectivity index (χ0v) is 12.1. The molecule has 0 atom stereocenters. The van der Waals surface area contributed by atoms with Crippen LogP contribution in [-0.4, -0.2) is 22.5 Å². The van der Waals surface area contributed by atoms with E-state index in [1.54, 1.807) is 0 Å². The molecule has 8 nitrogen and oxygen atoms in total. The fraction of sp³-hybridized carbons (Fsp3) is 0.167. The second kappa shape index (κ2) is 4.22. The van der Waals surface area contributed by atoms with Crippen LogP contribution in [0.1, 0.15) is 11.5 Å². The molecular weight excluding hydrogens is 296 g/mol. The molecule has 0 aliphatic heterocycles. The van der Waals surface area contributed by atoms with E-state index >= 15 is 0 Å². The van der Waals surface area contributed by atoms with E-state index in [9.17, 15) is 13.2 Å². The maximum atomic E-state index is 12.7. The maximum Gasteiger partial charge on any atom is 0.340 e. The van der Waals surface area contributed by atoms with Gasteiger partial charge in [-0.2, -0.15) is 3.97 Å². The van der Waals surface area contributed by atoms with Crippen LogP contribution in [-0.2, 0) is 10.0 Å². The van der Waals surface area contributed by atoms with Crippen LogP contribution < -0.4 is 11.4 Å². The third kappa shape index (κ3) is 1.85. The molecule has 2 aromatic heterocycles.